The number of carbonyl (C=O) groups is 2. The number of ether oxygens (including phenoxy) is 1. The fraction of sp³-hybridized carbons (Fsp3) is 0.105. The van der Waals surface area contributed by atoms with Crippen molar-refractivity contribution in [2.75, 3.05) is 17.7 Å². The number of hydrogen-bond donors (Lipinski definition) is 3. The molecule has 0 aliphatic rings. The van der Waals surface area contributed by atoms with Gasteiger partial charge in [-0.1, -0.05) is 29.8 Å². The van der Waals surface area contributed by atoms with Crippen LogP contribution in [0, 0.1) is 6.92 Å². The normalized spacial score (nSPS) is 10.2. The van der Waals surface area contributed by atoms with Crippen molar-refractivity contribution < 1.29 is 14.3 Å². The second-order valence-electron chi connectivity index (χ2n) is 5.60. The van der Waals surface area contributed by atoms with Crippen LogP contribution in [0.2, 0.25) is 0 Å². The van der Waals surface area contributed by atoms with Gasteiger partial charge in [-0.3, -0.25) is 9.59 Å². The summed E-state index contributed by atoms with van der Waals surface area (Å²) in [6, 6.07) is 14.3. The molecule has 0 aliphatic heterocycles. The van der Waals surface area contributed by atoms with Gasteiger partial charge in [-0.2, -0.15) is 0 Å². The molecule has 2 amide bonds. The number of carbonyl (C=O) groups excluding carboxylic acids is 2. The Labute approximate surface area is 150 Å². The number of H-pyrrole nitrogens is 1. The number of aryl methyl sites for hydroxylation is 1. The van der Waals surface area contributed by atoms with Crippen molar-refractivity contribution in [3.05, 3.63) is 71.8 Å². The summed E-state index contributed by atoms with van der Waals surface area (Å²) in [5, 5.41) is 5.44. The summed E-state index contributed by atoms with van der Waals surface area (Å²) in [5.41, 5.74) is 2.29. The Balaban J connectivity index is 1.78. The minimum Gasteiger partial charge on any atom is -0.495 e. The Hall–Kier alpha value is -3.61. The number of nitrogens with zero attached hydrogens (tertiary/aromatic N) is 1. The molecular weight excluding hydrogens is 332 g/mol. The van der Waals surface area contributed by atoms with E-state index >= 15 is 0 Å². The van der Waals surface area contributed by atoms with Crippen molar-refractivity contribution in [3.8, 4) is 5.75 Å². The molecule has 26 heavy (non-hydrogen) atoms. The third-order valence-corrected chi connectivity index (χ3v) is 3.75. The Morgan fingerprint density at radius 2 is 1.73 bits per heavy atom. The first-order valence-electron chi connectivity index (χ1n) is 7.94. The predicted molar refractivity (Wildman–Crippen MR) is 98.7 cm³/mol. The fourth-order valence-electron chi connectivity index (χ4n) is 2.40. The van der Waals surface area contributed by atoms with Gasteiger partial charge in [0.15, 0.2) is 5.69 Å². The van der Waals surface area contributed by atoms with Gasteiger partial charge >= 0.3 is 0 Å². The fourth-order valence-corrected chi connectivity index (χ4v) is 2.40. The maximum absolute atomic E-state index is 12.5. The molecule has 3 aromatic rings. The number of aromatic nitrogens is 2. The van der Waals surface area contributed by atoms with Crippen LogP contribution in [0.25, 0.3) is 0 Å². The van der Waals surface area contributed by atoms with E-state index < -0.39 is 11.8 Å². The van der Waals surface area contributed by atoms with Gasteiger partial charge in [0, 0.05) is 5.69 Å². The average Bonchev–Trinajstić information content (AvgIpc) is 3.14. The summed E-state index contributed by atoms with van der Waals surface area (Å²) in [6.45, 7) is 1.96. The standard InChI is InChI=1S/C19H18N4O3/c1-12-7-9-13(10-8-12)22-18(24)16-17(21-11-20-16)19(25)23-14-5-3-4-6-15(14)26-2/h3-11H,1-2H3,(H,20,21)(H,22,24)(H,23,25). The number of imidazole rings is 1. The largest absolute Gasteiger partial charge is 0.495 e. The van der Waals surface area contributed by atoms with E-state index in [0.29, 0.717) is 17.1 Å². The molecule has 0 spiro atoms. The van der Waals surface area contributed by atoms with E-state index in [2.05, 4.69) is 20.6 Å². The number of para-hydroxylation sites is 2. The van der Waals surface area contributed by atoms with E-state index in [-0.39, 0.29) is 11.4 Å². The first-order chi connectivity index (χ1) is 12.6. The number of aromatic amines is 1. The minimum atomic E-state index is -0.485. The second-order valence-corrected chi connectivity index (χ2v) is 5.60. The molecule has 7 heteroatoms. The molecule has 0 fully saturated rings. The Kier molecular flexibility index (Phi) is 4.98. The third kappa shape index (κ3) is 3.72. The predicted octanol–water partition coefficient (Wildman–Crippen LogP) is 3.23. The van der Waals surface area contributed by atoms with Crippen LogP contribution in [0.4, 0.5) is 11.4 Å². The Morgan fingerprint density at radius 3 is 2.46 bits per heavy atom. The lowest BCUT2D eigenvalue weighted by molar-refractivity contribution is 0.0985. The monoisotopic (exact) mass is 350 g/mol. The average molecular weight is 350 g/mol. The highest BCUT2D eigenvalue weighted by Gasteiger charge is 2.21. The van der Waals surface area contributed by atoms with Gasteiger partial charge in [-0.15, -0.1) is 0 Å². The summed E-state index contributed by atoms with van der Waals surface area (Å²) in [7, 11) is 1.52. The molecule has 0 atom stereocenters. The zero-order valence-electron chi connectivity index (χ0n) is 14.4. The van der Waals surface area contributed by atoms with Crippen molar-refractivity contribution in [1.29, 1.82) is 0 Å². The zero-order chi connectivity index (χ0) is 18.5. The number of nitrogens with one attached hydrogen (secondary N) is 3. The number of anilines is 2. The molecule has 0 bridgehead atoms. The van der Waals surface area contributed by atoms with Crippen LogP contribution in [0.1, 0.15) is 26.5 Å². The lowest BCUT2D eigenvalue weighted by Crippen LogP contribution is -2.20. The molecule has 2 aromatic carbocycles. The van der Waals surface area contributed by atoms with Crippen molar-refractivity contribution in [1.82, 2.24) is 9.97 Å². The van der Waals surface area contributed by atoms with E-state index in [9.17, 15) is 9.59 Å². The zero-order valence-corrected chi connectivity index (χ0v) is 14.4. The highest BCUT2D eigenvalue weighted by molar-refractivity contribution is 6.13. The van der Waals surface area contributed by atoms with Gasteiger partial charge in [0.2, 0.25) is 0 Å². The van der Waals surface area contributed by atoms with Crippen LogP contribution in [-0.4, -0.2) is 28.9 Å². The van der Waals surface area contributed by atoms with E-state index in [0.717, 1.165) is 5.56 Å². The van der Waals surface area contributed by atoms with Gasteiger partial charge in [0.25, 0.3) is 11.8 Å². The van der Waals surface area contributed by atoms with Gasteiger partial charge in [0.1, 0.15) is 11.4 Å². The molecule has 0 saturated carbocycles. The molecular formula is C19H18N4O3. The molecule has 3 rings (SSSR count). The van der Waals surface area contributed by atoms with Crippen LogP contribution >= 0.6 is 0 Å². The van der Waals surface area contributed by atoms with Gasteiger partial charge in [-0.25, -0.2) is 4.98 Å². The molecule has 0 aliphatic carbocycles. The van der Waals surface area contributed by atoms with E-state index in [1.165, 1.54) is 13.4 Å². The molecule has 7 nitrogen and oxygen atoms in total. The lowest BCUT2D eigenvalue weighted by atomic mass is 10.2. The third-order valence-electron chi connectivity index (χ3n) is 3.75. The summed E-state index contributed by atoms with van der Waals surface area (Å²) in [4.78, 5) is 31.7. The smallest absolute Gasteiger partial charge is 0.276 e. The summed E-state index contributed by atoms with van der Waals surface area (Å²) in [5.74, 6) is -0.438. The Morgan fingerprint density at radius 1 is 1.00 bits per heavy atom. The number of hydrogen-bond acceptors (Lipinski definition) is 4. The second kappa shape index (κ2) is 7.52. The quantitative estimate of drug-likeness (QED) is 0.658. The number of amides is 2. The first-order valence-corrected chi connectivity index (χ1v) is 7.94. The van der Waals surface area contributed by atoms with Crippen molar-refractivity contribution in [2.45, 2.75) is 6.92 Å². The van der Waals surface area contributed by atoms with Crippen molar-refractivity contribution in [2.24, 2.45) is 0 Å². The summed E-state index contributed by atoms with van der Waals surface area (Å²) in [6.07, 6.45) is 1.31. The van der Waals surface area contributed by atoms with Crippen LogP contribution < -0.4 is 15.4 Å². The van der Waals surface area contributed by atoms with Crippen LogP contribution in [0.15, 0.2) is 54.9 Å². The van der Waals surface area contributed by atoms with Gasteiger partial charge < -0.3 is 20.4 Å². The van der Waals surface area contributed by atoms with E-state index in [4.69, 9.17) is 4.74 Å². The highest BCUT2D eigenvalue weighted by Crippen LogP contribution is 2.23. The summed E-state index contributed by atoms with van der Waals surface area (Å²) >= 11 is 0. The molecule has 1 heterocycles. The highest BCUT2D eigenvalue weighted by atomic mass is 16.5. The molecule has 132 valence electrons. The topological polar surface area (TPSA) is 96.1 Å². The van der Waals surface area contributed by atoms with E-state index in [1.807, 2.05) is 19.1 Å². The van der Waals surface area contributed by atoms with Gasteiger partial charge in [-0.05, 0) is 31.2 Å². The lowest BCUT2D eigenvalue weighted by Gasteiger charge is -2.10. The Bertz CT molecular complexity index is 932. The van der Waals surface area contributed by atoms with Crippen LogP contribution in [0.3, 0.4) is 0 Å². The number of rotatable bonds is 5. The molecule has 3 N–H and O–H groups in total. The van der Waals surface area contributed by atoms with Crippen LogP contribution in [0.5, 0.6) is 5.75 Å². The summed E-state index contributed by atoms with van der Waals surface area (Å²) < 4.78 is 5.21. The van der Waals surface area contributed by atoms with Crippen LogP contribution in [-0.2, 0) is 0 Å². The van der Waals surface area contributed by atoms with Crippen molar-refractivity contribution in [3.63, 3.8) is 0 Å². The van der Waals surface area contributed by atoms with E-state index in [1.54, 1.807) is 36.4 Å². The first kappa shape index (κ1) is 17.2. The molecule has 0 radical (unpaired) electrons. The molecule has 1 aromatic heterocycles. The maximum atomic E-state index is 12.5. The van der Waals surface area contributed by atoms with Gasteiger partial charge in [0.05, 0.1) is 19.1 Å². The number of benzene rings is 2. The minimum absolute atomic E-state index is 0.0120. The number of methoxy groups -OCH3 is 1. The van der Waals surface area contributed by atoms with Crippen molar-refractivity contribution >= 4 is 23.2 Å². The molecule has 0 saturated heterocycles. The SMILES string of the molecule is COc1ccccc1NC(=O)c1[nH]cnc1C(=O)Nc1ccc(C)cc1. The maximum Gasteiger partial charge on any atom is 0.276 e. The molecule has 0 unspecified atom stereocenters.